The number of rotatable bonds is 5. The molecule has 1 fully saturated rings. The highest BCUT2D eigenvalue weighted by Gasteiger charge is 2.32. The average molecular weight is 360 g/mol. The quantitative estimate of drug-likeness (QED) is 0.699. The summed E-state index contributed by atoms with van der Waals surface area (Å²) in [5, 5.41) is 1.11. The van der Waals surface area contributed by atoms with Gasteiger partial charge in [-0.2, -0.15) is 0 Å². The Hall–Kier alpha value is -2.79. The molecule has 5 heteroatoms. The van der Waals surface area contributed by atoms with Crippen LogP contribution in [0.15, 0.2) is 60.9 Å². The molecule has 0 aliphatic carbocycles. The zero-order valence-electron chi connectivity index (χ0n) is 15.6. The van der Waals surface area contributed by atoms with E-state index in [4.69, 9.17) is 4.98 Å². The topological polar surface area (TPSA) is 49.3 Å². The number of fused-ring (bicyclic) bond motifs is 1. The van der Waals surface area contributed by atoms with E-state index >= 15 is 0 Å². The van der Waals surface area contributed by atoms with Gasteiger partial charge in [0, 0.05) is 24.8 Å². The molecule has 1 aromatic carbocycles. The Morgan fingerprint density at radius 1 is 1.11 bits per heavy atom. The van der Waals surface area contributed by atoms with E-state index in [-0.39, 0.29) is 11.9 Å². The van der Waals surface area contributed by atoms with Crippen molar-refractivity contribution in [2.24, 2.45) is 0 Å². The number of likely N-dealkylation sites (tertiary alicyclic amines) is 1. The summed E-state index contributed by atoms with van der Waals surface area (Å²) in [4.78, 5) is 26.3. The summed E-state index contributed by atoms with van der Waals surface area (Å²) in [6, 6.07) is 15.7. The number of nitrogens with zero attached hydrogens (tertiary/aromatic N) is 4. The summed E-state index contributed by atoms with van der Waals surface area (Å²) in [5.41, 5.74) is 2.82. The van der Waals surface area contributed by atoms with Crippen LogP contribution in [-0.4, -0.2) is 45.8 Å². The Labute approximate surface area is 159 Å². The van der Waals surface area contributed by atoms with Crippen molar-refractivity contribution in [2.75, 3.05) is 20.1 Å². The molecule has 1 aliphatic rings. The molecule has 27 heavy (non-hydrogen) atoms. The van der Waals surface area contributed by atoms with Crippen LogP contribution in [-0.2, 0) is 11.3 Å². The summed E-state index contributed by atoms with van der Waals surface area (Å²) in [7, 11) is 1.86. The lowest BCUT2D eigenvalue weighted by atomic mass is 10.1. The number of pyridine rings is 2. The maximum absolute atomic E-state index is 13.3. The molecule has 1 atom stereocenters. The standard InChI is InChI=1S/C22H24N4O/c1-25(16-19-11-10-17-7-2-3-9-20(17)24-19)22(27)21(26-13-4-5-14-26)18-8-6-12-23-15-18/h2-3,6-12,15,21H,4-5,13-14,16H2,1H3/t21-/m1/s1. The number of benzene rings is 1. The van der Waals surface area contributed by atoms with Gasteiger partial charge in [0.2, 0.25) is 5.91 Å². The summed E-state index contributed by atoms with van der Waals surface area (Å²) in [6.07, 6.45) is 5.83. The molecule has 2 aromatic heterocycles. The van der Waals surface area contributed by atoms with E-state index in [1.165, 1.54) is 0 Å². The van der Waals surface area contributed by atoms with Crippen LogP contribution < -0.4 is 0 Å². The predicted molar refractivity (Wildman–Crippen MR) is 106 cm³/mol. The molecule has 0 radical (unpaired) electrons. The number of amides is 1. The first kappa shape index (κ1) is 17.6. The van der Waals surface area contributed by atoms with Gasteiger partial charge in [-0.1, -0.05) is 30.3 Å². The molecule has 0 spiro atoms. The zero-order chi connectivity index (χ0) is 18.6. The monoisotopic (exact) mass is 360 g/mol. The van der Waals surface area contributed by atoms with E-state index in [0.717, 1.165) is 48.1 Å². The largest absolute Gasteiger partial charge is 0.338 e. The molecule has 0 saturated carbocycles. The lowest BCUT2D eigenvalue weighted by Crippen LogP contribution is -2.40. The molecule has 138 valence electrons. The van der Waals surface area contributed by atoms with Crippen LogP contribution in [0.2, 0.25) is 0 Å². The average Bonchev–Trinajstić information content (AvgIpc) is 3.23. The lowest BCUT2D eigenvalue weighted by Gasteiger charge is -2.30. The second-order valence-electron chi connectivity index (χ2n) is 7.12. The Balaban J connectivity index is 1.56. The van der Waals surface area contributed by atoms with Crippen molar-refractivity contribution >= 4 is 16.8 Å². The lowest BCUT2D eigenvalue weighted by molar-refractivity contribution is -0.136. The van der Waals surface area contributed by atoms with Crippen LogP contribution in [0.3, 0.4) is 0 Å². The number of hydrogen-bond acceptors (Lipinski definition) is 4. The fourth-order valence-corrected chi connectivity index (χ4v) is 3.77. The maximum Gasteiger partial charge on any atom is 0.244 e. The fourth-order valence-electron chi connectivity index (χ4n) is 3.77. The number of carbonyl (C=O) groups is 1. The Bertz CT molecular complexity index is 922. The summed E-state index contributed by atoms with van der Waals surface area (Å²) in [5.74, 6) is 0.0971. The summed E-state index contributed by atoms with van der Waals surface area (Å²) < 4.78 is 0. The Morgan fingerprint density at radius 2 is 1.93 bits per heavy atom. The highest BCUT2D eigenvalue weighted by atomic mass is 16.2. The van der Waals surface area contributed by atoms with Gasteiger partial charge in [0.05, 0.1) is 17.8 Å². The van der Waals surface area contributed by atoms with Crippen LogP contribution in [0.1, 0.15) is 30.1 Å². The minimum atomic E-state index is -0.272. The zero-order valence-corrected chi connectivity index (χ0v) is 15.6. The van der Waals surface area contributed by atoms with Gasteiger partial charge in [-0.25, -0.2) is 0 Å². The van der Waals surface area contributed by atoms with E-state index < -0.39 is 0 Å². The van der Waals surface area contributed by atoms with Gasteiger partial charge in [0.1, 0.15) is 6.04 Å². The third kappa shape index (κ3) is 3.83. The van der Waals surface area contributed by atoms with E-state index in [1.54, 1.807) is 11.1 Å². The molecule has 3 aromatic rings. The molecule has 5 nitrogen and oxygen atoms in total. The molecule has 0 N–H and O–H groups in total. The van der Waals surface area contributed by atoms with Gasteiger partial charge in [0.15, 0.2) is 0 Å². The third-order valence-corrected chi connectivity index (χ3v) is 5.17. The van der Waals surface area contributed by atoms with Crippen molar-refractivity contribution in [3.05, 3.63) is 72.2 Å². The smallest absolute Gasteiger partial charge is 0.244 e. The fraction of sp³-hybridized carbons (Fsp3) is 0.318. The van der Waals surface area contributed by atoms with Crippen molar-refractivity contribution in [3.63, 3.8) is 0 Å². The molecular weight excluding hydrogens is 336 g/mol. The molecular formula is C22H24N4O. The molecule has 0 bridgehead atoms. The molecule has 1 aliphatic heterocycles. The van der Waals surface area contributed by atoms with Crippen LogP contribution in [0, 0.1) is 0 Å². The summed E-state index contributed by atoms with van der Waals surface area (Å²) in [6.45, 7) is 2.40. The van der Waals surface area contributed by atoms with E-state index in [1.807, 2.05) is 55.7 Å². The van der Waals surface area contributed by atoms with Gasteiger partial charge in [-0.15, -0.1) is 0 Å². The van der Waals surface area contributed by atoms with Crippen LogP contribution >= 0.6 is 0 Å². The molecule has 1 amide bonds. The number of hydrogen-bond donors (Lipinski definition) is 0. The van der Waals surface area contributed by atoms with Gasteiger partial charge in [-0.3, -0.25) is 19.7 Å². The predicted octanol–water partition coefficient (Wildman–Crippen LogP) is 3.43. The van der Waals surface area contributed by atoms with Crippen molar-refractivity contribution in [1.29, 1.82) is 0 Å². The van der Waals surface area contributed by atoms with Crippen molar-refractivity contribution in [2.45, 2.75) is 25.4 Å². The summed E-state index contributed by atoms with van der Waals surface area (Å²) >= 11 is 0. The Kier molecular flexibility index (Phi) is 5.12. The van der Waals surface area contributed by atoms with Crippen LogP contribution in [0.5, 0.6) is 0 Å². The van der Waals surface area contributed by atoms with Crippen LogP contribution in [0.25, 0.3) is 10.9 Å². The number of carbonyl (C=O) groups excluding carboxylic acids is 1. The molecule has 3 heterocycles. The Morgan fingerprint density at radius 3 is 2.70 bits per heavy atom. The van der Waals surface area contributed by atoms with Crippen molar-refractivity contribution < 1.29 is 4.79 Å². The van der Waals surface area contributed by atoms with E-state index in [0.29, 0.717) is 6.54 Å². The van der Waals surface area contributed by atoms with Gasteiger partial charge < -0.3 is 4.90 Å². The first-order valence-electron chi connectivity index (χ1n) is 9.46. The third-order valence-electron chi connectivity index (χ3n) is 5.17. The van der Waals surface area contributed by atoms with Gasteiger partial charge >= 0.3 is 0 Å². The van der Waals surface area contributed by atoms with E-state index in [9.17, 15) is 4.79 Å². The minimum Gasteiger partial charge on any atom is -0.338 e. The van der Waals surface area contributed by atoms with Crippen molar-refractivity contribution in [1.82, 2.24) is 19.8 Å². The first-order valence-corrected chi connectivity index (χ1v) is 9.46. The van der Waals surface area contributed by atoms with Gasteiger partial charge in [0.25, 0.3) is 0 Å². The second kappa shape index (κ2) is 7.84. The molecule has 1 saturated heterocycles. The number of aromatic nitrogens is 2. The highest BCUT2D eigenvalue weighted by molar-refractivity contribution is 5.83. The normalized spacial score (nSPS) is 15.7. The number of para-hydroxylation sites is 1. The molecule has 4 rings (SSSR count). The number of likely N-dealkylation sites (N-methyl/N-ethyl adjacent to an activating group) is 1. The molecule has 0 unspecified atom stereocenters. The highest BCUT2D eigenvalue weighted by Crippen LogP contribution is 2.27. The van der Waals surface area contributed by atoms with Gasteiger partial charge in [-0.05, 0) is 49.7 Å². The van der Waals surface area contributed by atoms with Crippen LogP contribution in [0.4, 0.5) is 0 Å². The maximum atomic E-state index is 13.3. The first-order chi connectivity index (χ1) is 13.2. The second-order valence-corrected chi connectivity index (χ2v) is 7.12. The van der Waals surface area contributed by atoms with Crippen molar-refractivity contribution in [3.8, 4) is 0 Å². The SMILES string of the molecule is CN(Cc1ccc2ccccc2n1)C(=O)[C@@H](c1cccnc1)N1CCCC1. The van der Waals surface area contributed by atoms with E-state index in [2.05, 4.69) is 16.0 Å². The minimum absolute atomic E-state index is 0.0971.